The van der Waals surface area contributed by atoms with Crippen molar-refractivity contribution in [3.05, 3.63) is 189 Å². The number of rotatable bonds is 6. The van der Waals surface area contributed by atoms with Gasteiger partial charge in [0.1, 0.15) is 0 Å². The van der Waals surface area contributed by atoms with E-state index in [2.05, 4.69) is 168 Å². The number of allylic oxidation sites excluding steroid dienone is 6. The van der Waals surface area contributed by atoms with Crippen LogP contribution in [0.3, 0.4) is 0 Å². The lowest BCUT2D eigenvalue weighted by molar-refractivity contribution is 1.16. The van der Waals surface area contributed by atoms with Crippen molar-refractivity contribution >= 4 is 43.6 Å². The molecule has 0 N–H and O–H groups in total. The standard InChI is InChI=1S/C35H23N3.C6H10.C5H8.3C2H6/c1-3-11-24(12-4-1)29-23-36-22-21-32(29)38-31-18-10-8-16-28(31)34-33(38)20-19-27-26-15-7-9-17-30(26)37(35(27)34)25-13-5-2-6-14-25;1-3-5-6-4-2;1-3-5-4-2;3*1-2/h1-23H;3,5-6H,1,4H2,2H3;3-5H,1H2,2H3;3*1-2H3/b;6-5-;5-4-;;;. The Bertz CT molecular complexity index is 2400. The number of aromatic nitrogens is 3. The monoisotopic (exact) mass is 725 g/mol. The fourth-order valence-electron chi connectivity index (χ4n) is 6.40. The molecule has 0 bridgehead atoms. The molecule has 8 rings (SSSR count). The average molecular weight is 726 g/mol. The van der Waals surface area contributed by atoms with Gasteiger partial charge in [-0.2, -0.15) is 0 Å². The summed E-state index contributed by atoms with van der Waals surface area (Å²) in [6, 6.07) is 45.4. The van der Waals surface area contributed by atoms with Crippen LogP contribution in [0.2, 0.25) is 0 Å². The van der Waals surface area contributed by atoms with Crippen LogP contribution in [0.5, 0.6) is 0 Å². The molecule has 0 fully saturated rings. The maximum atomic E-state index is 4.51. The van der Waals surface area contributed by atoms with E-state index in [0.717, 1.165) is 28.9 Å². The van der Waals surface area contributed by atoms with Gasteiger partial charge in [-0.15, -0.1) is 0 Å². The largest absolute Gasteiger partial charge is 0.309 e. The van der Waals surface area contributed by atoms with Crippen molar-refractivity contribution in [1.29, 1.82) is 0 Å². The molecular formula is C52H59N3. The Labute approximate surface area is 330 Å². The highest BCUT2D eigenvalue weighted by Crippen LogP contribution is 2.42. The van der Waals surface area contributed by atoms with E-state index in [4.69, 9.17) is 0 Å². The molecule has 5 aromatic carbocycles. The Balaban J connectivity index is 0.000000411. The molecule has 0 spiro atoms. The van der Waals surface area contributed by atoms with Crippen LogP contribution in [-0.4, -0.2) is 14.1 Å². The Morgan fingerprint density at radius 3 is 1.69 bits per heavy atom. The Morgan fingerprint density at radius 1 is 0.564 bits per heavy atom. The van der Waals surface area contributed by atoms with E-state index in [1.165, 1.54) is 43.6 Å². The Morgan fingerprint density at radius 2 is 1.13 bits per heavy atom. The lowest BCUT2D eigenvalue weighted by Crippen LogP contribution is -1.98. The third kappa shape index (κ3) is 9.87. The third-order valence-electron chi connectivity index (χ3n) is 8.44. The summed E-state index contributed by atoms with van der Waals surface area (Å²) in [5, 5.41) is 5.02. The minimum atomic E-state index is 1.10. The topological polar surface area (TPSA) is 22.8 Å². The molecule has 0 unspecified atom stereocenters. The van der Waals surface area contributed by atoms with Gasteiger partial charge in [0.05, 0.1) is 27.8 Å². The second-order valence-electron chi connectivity index (χ2n) is 11.5. The van der Waals surface area contributed by atoms with Gasteiger partial charge in [-0.25, -0.2) is 0 Å². The highest BCUT2D eigenvalue weighted by molar-refractivity contribution is 6.26. The molecule has 0 saturated heterocycles. The van der Waals surface area contributed by atoms with Gasteiger partial charge in [-0.3, -0.25) is 4.98 Å². The number of hydrogen-bond donors (Lipinski definition) is 0. The van der Waals surface area contributed by atoms with Gasteiger partial charge < -0.3 is 9.13 Å². The van der Waals surface area contributed by atoms with Crippen LogP contribution in [0.1, 0.15) is 61.8 Å². The third-order valence-corrected chi connectivity index (χ3v) is 8.44. The van der Waals surface area contributed by atoms with Crippen molar-refractivity contribution in [2.75, 3.05) is 0 Å². The molecule has 8 aromatic rings. The number of para-hydroxylation sites is 3. The van der Waals surface area contributed by atoms with Gasteiger partial charge in [0.2, 0.25) is 0 Å². The number of pyridine rings is 1. The first kappa shape index (κ1) is 43.2. The summed E-state index contributed by atoms with van der Waals surface area (Å²) >= 11 is 0. The molecule has 0 aliphatic heterocycles. The van der Waals surface area contributed by atoms with Gasteiger partial charge in [0.25, 0.3) is 0 Å². The molecule has 0 aliphatic carbocycles. The molecule has 3 heterocycles. The maximum Gasteiger partial charge on any atom is 0.0641 e. The normalized spacial score (nSPS) is 10.3. The average Bonchev–Trinajstić information content (AvgIpc) is 3.79. The van der Waals surface area contributed by atoms with E-state index < -0.39 is 0 Å². The zero-order valence-electron chi connectivity index (χ0n) is 34.2. The lowest BCUT2D eigenvalue weighted by atomic mass is 10.1. The lowest BCUT2D eigenvalue weighted by Gasteiger charge is -2.13. The van der Waals surface area contributed by atoms with Crippen LogP contribution in [0.4, 0.5) is 0 Å². The van der Waals surface area contributed by atoms with Crippen LogP contribution in [0.15, 0.2) is 189 Å². The van der Waals surface area contributed by atoms with Crippen molar-refractivity contribution in [3.8, 4) is 22.5 Å². The summed E-state index contributed by atoms with van der Waals surface area (Å²) in [6.07, 6.45) is 16.3. The van der Waals surface area contributed by atoms with Crippen LogP contribution >= 0.6 is 0 Å². The summed E-state index contributed by atoms with van der Waals surface area (Å²) in [7, 11) is 0. The van der Waals surface area contributed by atoms with E-state index in [0.29, 0.717) is 0 Å². The quantitative estimate of drug-likeness (QED) is 0.157. The minimum absolute atomic E-state index is 1.10. The van der Waals surface area contributed by atoms with E-state index in [1.54, 1.807) is 12.2 Å². The highest BCUT2D eigenvalue weighted by Gasteiger charge is 2.21. The van der Waals surface area contributed by atoms with Crippen LogP contribution in [0, 0.1) is 0 Å². The molecule has 0 radical (unpaired) electrons. The molecule has 0 aliphatic rings. The number of nitrogens with zero attached hydrogens (tertiary/aromatic N) is 3. The molecule has 3 nitrogen and oxygen atoms in total. The first-order valence-corrected chi connectivity index (χ1v) is 19.7. The minimum Gasteiger partial charge on any atom is -0.309 e. The van der Waals surface area contributed by atoms with E-state index in [1.807, 2.05) is 79.1 Å². The molecule has 3 heteroatoms. The van der Waals surface area contributed by atoms with Gasteiger partial charge in [0, 0.05) is 45.2 Å². The van der Waals surface area contributed by atoms with E-state index in [9.17, 15) is 0 Å². The van der Waals surface area contributed by atoms with Crippen molar-refractivity contribution in [2.45, 2.75) is 61.8 Å². The van der Waals surface area contributed by atoms with Gasteiger partial charge in [-0.05, 0) is 55.3 Å². The summed E-state index contributed by atoms with van der Waals surface area (Å²) in [6.45, 7) is 23.0. The van der Waals surface area contributed by atoms with Gasteiger partial charge >= 0.3 is 0 Å². The molecule has 0 saturated carbocycles. The fourth-order valence-corrected chi connectivity index (χ4v) is 6.40. The Kier molecular flexibility index (Phi) is 18.4. The summed E-state index contributed by atoms with van der Waals surface area (Å²) in [5.41, 5.74) is 9.37. The summed E-state index contributed by atoms with van der Waals surface area (Å²) in [5.74, 6) is 0. The Hall–Kier alpha value is -6.19. The van der Waals surface area contributed by atoms with Crippen LogP contribution in [-0.2, 0) is 0 Å². The SMILES string of the molecule is C=C/C=C\C.C=C/C=C\CC.CC.CC.CC.c1ccc(-c2cnccc2-n2c3ccccc3c3c2ccc2c4ccccc4n(-c4ccccc4)c23)cc1. The highest BCUT2D eigenvalue weighted by atomic mass is 15.0. The zero-order chi connectivity index (χ0) is 40.0. The second-order valence-corrected chi connectivity index (χ2v) is 11.5. The molecule has 0 atom stereocenters. The van der Waals surface area contributed by atoms with Crippen LogP contribution < -0.4 is 0 Å². The molecule has 0 amide bonds. The maximum absolute atomic E-state index is 4.51. The first-order chi connectivity index (χ1) is 27.2. The number of hydrogen-bond acceptors (Lipinski definition) is 1. The van der Waals surface area contributed by atoms with Crippen LogP contribution in [0.25, 0.3) is 66.1 Å². The van der Waals surface area contributed by atoms with Crippen molar-refractivity contribution in [2.24, 2.45) is 0 Å². The first-order valence-electron chi connectivity index (χ1n) is 19.7. The van der Waals surface area contributed by atoms with Crippen molar-refractivity contribution < 1.29 is 0 Å². The predicted molar refractivity (Wildman–Crippen MR) is 247 cm³/mol. The number of benzene rings is 5. The molecular weight excluding hydrogens is 667 g/mol. The molecule has 282 valence electrons. The van der Waals surface area contributed by atoms with Crippen molar-refractivity contribution in [3.63, 3.8) is 0 Å². The zero-order valence-corrected chi connectivity index (χ0v) is 34.2. The van der Waals surface area contributed by atoms with Gasteiger partial charge in [0.15, 0.2) is 0 Å². The summed E-state index contributed by atoms with van der Waals surface area (Å²) < 4.78 is 4.83. The van der Waals surface area contributed by atoms with Gasteiger partial charge in [-0.1, -0.05) is 189 Å². The fraction of sp³-hybridized carbons (Fsp3) is 0.173. The van der Waals surface area contributed by atoms with E-state index in [-0.39, 0.29) is 0 Å². The molecule has 55 heavy (non-hydrogen) atoms. The second kappa shape index (κ2) is 23.5. The number of fused-ring (bicyclic) bond motifs is 7. The van der Waals surface area contributed by atoms with E-state index >= 15 is 0 Å². The van der Waals surface area contributed by atoms with Crippen molar-refractivity contribution in [1.82, 2.24) is 14.1 Å². The predicted octanol–water partition coefficient (Wildman–Crippen LogP) is 15.9. The smallest absolute Gasteiger partial charge is 0.0641 e. The molecule has 3 aromatic heterocycles. The summed E-state index contributed by atoms with van der Waals surface area (Å²) in [4.78, 5) is 4.51.